The van der Waals surface area contributed by atoms with Gasteiger partial charge in [0.25, 0.3) is 0 Å². The second-order valence-corrected chi connectivity index (χ2v) is 5.90. The van der Waals surface area contributed by atoms with E-state index in [0.29, 0.717) is 38.2 Å². The Morgan fingerprint density at radius 3 is 2.60 bits per heavy atom. The number of benzene rings is 2. The number of hydrogen-bond acceptors (Lipinski definition) is 5. The van der Waals surface area contributed by atoms with Crippen LogP contribution in [0.3, 0.4) is 0 Å². The van der Waals surface area contributed by atoms with Gasteiger partial charge in [-0.25, -0.2) is 9.78 Å². The molecular formula is C18H13Cl2NO4. The van der Waals surface area contributed by atoms with Gasteiger partial charge >= 0.3 is 5.63 Å². The van der Waals surface area contributed by atoms with Gasteiger partial charge < -0.3 is 13.9 Å². The van der Waals surface area contributed by atoms with E-state index in [1.807, 2.05) is 0 Å². The van der Waals surface area contributed by atoms with Crippen LogP contribution in [0.15, 0.2) is 45.6 Å². The Balaban J connectivity index is 2.06. The first kappa shape index (κ1) is 17.3. The van der Waals surface area contributed by atoms with Crippen molar-refractivity contribution >= 4 is 45.4 Å². The van der Waals surface area contributed by atoms with Gasteiger partial charge in [0.05, 0.1) is 19.3 Å². The van der Waals surface area contributed by atoms with Gasteiger partial charge in [0, 0.05) is 5.02 Å². The van der Waals surface area contributed by atoms with E-state index in [-0.39, 0.29) is 5.69 Å². The Hall–Kier alpha value is -2.50. The molecule has 1 heterocycles. The lowest BCUT2D eigenvalue weighted by atomic mass is 10.1. The first-order chi connectivity index (χ1) is 12.0. The number of nitrogens with zero attached hydrogens (tertiary/aromatic N) is 1. The Labute approximate surface area is 153 Å². The smallest absolute Gasteiger partial charge is 0.362 e. The molecular weight excluding hydrogens is 365 g/mol. The Kier molecular flexibility index (Phi) is 4.97. The van der Waals surface area contributed by atoms with Crippen molar-refractivity contribution in [3.8, 4) is 11.5 Å². The zero-order valence-electron chi connectivity index (χ0n) is 13.4. The summed E-state index contributed by atoms with van der Waals surface area (Å²) in [6.07, 6.45) is 1.44. The molecule has 0 radical (unpaired) electrons. The molecule has 0 atom stereocenters. The summed E-state index contributed by atoms with van der Waals surface area (Å²) in [7, 11) is 3.08. The van der Waals surface area contributed by atoms with Gasteiger partial charge in [-0.2, -0.15) is 0 Å². The molecule has 3 aromatic rings. The fourth-order valence-corrected chi connectivity index (χ4v) is 2.66. The van der Waals surface area contributed by atoms with Crippen LogP contribution in [0, 0.1) is 0 Å². The number of halogens is 2. The van der Waals surface area contributed by atoms with Crippen LogP contribution in [-0.2, 0) is 0 Å². The minimum absolute atomic E-state index is 0.0783. The highest BCUT2D eigenvalue weighted by molar-refractivity contribution is 6.51. The van der Waals surface area contributed by atoms with E-state index in [0.717, 1.165) is 0 Å². The number of aromatic nitrogens is 1. The van der Waals surface area contributed by atoms with Crippen molar-refractivity contribution in [2.45, 2.75) is 0 Å². The molecule has 0 saturated heterocycles. The molecule has 0 aliphatic rings. The Morgan fingerprint density at radius 2 is 1.88 bits per heavy atom. The maximum Gasteiger partial charge on any atom is 0.362 e. The summed E-state index contributed by atoms with van der Waals surface area (Å²) < 4.78 is 15.7. The number of ether oxygens (including phenoxy) is 2. The van der Waals surface area contributed by atoms with Crippen molar-refractivity contribution in [2.75, 3.05) is 14.2 Å². The van der Waals surface area contributed by atoms with Crippen LogP contribution in [0.5, 0.6) is 11.5 Å². The molecule has 7 heteroatoms. The predicted molar refractivity (Wildman–Crippen MR) is 98.6 cm³/mol. The molecule has 0 N–H and O–H groups in total. The summed E-state index contributed by atoms with van der Waals surface area (Å²) in [4.78, 5) is 16.4. The standard InChI is InChI=1S/C18H13Cl2NO4/c1-23-16-5-3-10(7-17(16)24-2)12(20)9-14-18(22)25-15-6-4-11(19)8-13(15)21-14/h3-9H,1-2H3/b12-9-. The molecule has 0 spiro atoms. The fourth-order valence-electron chi connectivity index (χ4n) is 2.27. The first-order valence-electron chi connectivity index (χ1n) is 7.22. The number of rotatable bonds is 4. The SMILES string of the molecule is COc1ccc(/C(Cl)=C/c2nc3cc(Cl)ccc3oc2=O)cc1OC. The van der Waals surface area contributed by atoms with Crippen LogP contribution in [0.2, 0.25) is 5.02 Å². The minimum Gasteiger partial charge on any atom is -0.493 e. The third kappa shape index (κ3) is 3.62. The van der Waals surface area contributed by atoms with Crippen LogP contribution < -0.4 is 15.1 Å². The molecule has 0 aliphatic heterocycles. The van der Waals surface area contributed by atoms with E-state index in [1.165, 1.54) is 13.2 Å². The molecule has 0 amide bonds. The summed E-state index contributed by atoms with van der Waals surface area (Å²) in [5.41, 5.74) is 0.957. The molecule has 3 rings (SSSR count). The fraction of sp³-hybridized carbons (Fsp3) is 0.111. The van der Waals surface area contributed by atoms with E-state index in [2.05, 4.69) is 4.98 Å². The molecule has 1 aromatic heterocycles. The second-order valence-electron chi connectivity index (χ2n) is 5.06. The molecule has 0 unspecified atom stereocenters. The molecule has 5 nitrogen and oxygen atoms in total. The van der Waals surface area contributed by atoms with Crippen LogP contribution in [-0.4, -0.2) is 19.2 Å². The monoisotopic (exact) mass is 377 g/mol. The van der Waals surface area contributed by atoms with Crippen LogP contribution in [0.4, 0.5) is 0 Å². The van der Waals surface area contributed by atoms with Crippen LogP contribution in [0.25, 0.3) is 22.2 Å². The van der Waals surface area contributed by atoms with Gasteiger partial charge in [-0.05, 0) is 48.0 Å². The summed E-state index contributed by atoms with van der Waals surface area (Å²) in [5.74, 6) is 1.10. The summed E-state index contributed by atoms with van der Waals surface area (Å²) in [5, 5.41) is 0.803. The highest BCUT2D eigenvalue weighted by atomic mass is 35.5. The Morgan fingerprint density at radius 1 is 1.12 bits per heavy atom. The van der Waals surface area contributed by atoms with Gasteiger partial charge in [-0.3, -0.25) is 0 Å². The second kappa shape index (κ2) is 7.17. The van der Waals surface area contributed by atoms with Crippen LogP contribution in [0.1, 0.15) is 11.3 Å². The molecule has 128 valence electrons. The molecule has 0 bridgehead atoms. The molecule has 0 saturated carbocycles. The van der Waals surface area contributed by atoms with Gasteiger partial charge in [0.2, 0.25) is 0 Å². The molecule has 25 heavy (non-hydrogen) atoms. The summed E-state index contributed by atoms with van der Waals surface area (Å²) >= 11 is 12.3. The third-order valence-corrected chi connectivity index (χ3v) is 4.06. The zero-order valence-corrected chi connectivity index (χ0v) is 14.9. The average Bonchev–Trinajstić information content (AvgIpc) is 2.62. The topological polar surface area (TPSA) is 61.6 Å². The minimum atomic E-state index is -0.589. The Bertz CT molecular complexity index is 1030. The van der Waals surface area contributed by atoms with Gasteiger partial charge in [-0.1, -0.05) is 23.2 Å². The van der Waals surface area contributed by atoms with Gasteiger partial charge in [0.1, 0.15) is 5.52 Å². The van der Waals surface area contributed by atoms with Gasteiger partial charge in [0.15, 0.2) is 22.8 Å². The van der Waals surface area contributed by atoms with Crippen molar-refractivity contribution < 1.29 is 13.9 Å². The van der Waals surface area contributed by atoms with Crippen LogP contribution >= 0.6 is 23.2 Å². The zero-order chi connectivity index (χ0) is 18.0. The summed E-state index contributed by atoms with van der Waals surface area (Å²) in [6.45, 7) is 0. The van der Waals surface area contributed by atoms with E-state index in [9.17, 15) is 4.79 Å². The number of methoxy groups -OCH3 is 2. The molecule has 2 aromatic carbocycles. The maximum absolute atomic E-state index is 12.1. The van der Waals surface area contributed by atoms with Gasteiger partial charge in [-0.15, -0.1) is 0 Å². The highest BCUT2D eigenvalue weighted by Crippen LogP contribution is 2.32. The largest absolute Gasteiger partial charge is 0.493 e. The van der Waals surface area contributed by atoms with Crippen molar-refractivity contribution in [1.82, 2.24) is 4.98 Å². The van der Waals surface area contributed by atoms with Crippen molar-refractivity contribution in [2.24, 2.45) is 0 Å². The lowest BCUT2D eigenvalue weighted by Crippen LogP contribution is -2.06. The third-order valence-electron chi connectivity index (χ3n) is 3.50. The first-order valence-corrected chi connectivity index (χ1v) is 7.97. The van der Waals surface area contributed by atoms with Crippen molar-refractivity contribution in [3.05, 3.63) is 63.1 Å². The summed E-state index contributed by atoms with van der Waals surface area (Å²) in [6, 6.07) is 10.0. The molecule has 0 fully saturated rings. The average molecular weight is 378 g/mol. The number of hydrogen-bond donors (Lipinski definition) is 0. The number of fused-ring (bicyclic) bond motifs is 1. The quantitative estimate of drug-likeness (QED) is 0.664. The maximum atomic E-state index is 12.1. The van der Waals surface area contributed by atoms with E-state index >= 15 is 0 Å². The van der Waals surface area contributed by atoms with E-state index in [4.69, 9.17) is 37.1 Å². The lowest BCUT2D eigenvalue weighted by molar-refractivity contribution is 0.355. The lowest BCUT2D eigenvalue weighted by Gasteiger charge is -2.09. The van der Waals surface area contributed by atoms with E-state index in [1.54, 1.807) is 43.5 Å². The van der Waals surface area contributed by atoms with Crippen molar-refractivity contribution in [3.63, 3.8) is 0 Å². The highest BCUT2D eigenvalue weighted by Gasteiger charge is 2.10. The molecule has 0 aliphatic carbocycles. The van der Waals surface area contributed by atoms with Crippen molar-refractivity contribution in [1.29, 1.82) is 0 Å². The normalized spacial score (nSPS) is 11.6. The van der Waals surface area contributed by atoms with E-state index < -0.39 is 5.63 Å². The predicted octanol–water partition coefficient (Wildman–Crippen LogP) is 4.60.